The Bertz CT molecular complexity index is 1130. The maximum Gasteiger partial charge on any atom is 0.261 e. The van der Waals surface area contributed by atoms with Crippen LogP contribution < -0.4 is 10.1 Å². The number of hydrogen-bond acceptors (Lipinski definition) is 3. The van der Waals surface area contributed by atoms with E-state index in [0.29, 0.717) is 18.8 Å². The molecular weight excluding hydrogens is 412 g/mol. The van der Waals surface area contributed by atoms with E-state index in [4.69, 9.17) is 4.74 Å². The van der Waals surface area contributed by atoms with E-state index in [-0.39, 0.29) is 17.9 Å². The standard InChI is InChI=1S/C28H30N2O3/c1-19-9-11-24(12-10-19)27-26-17-25(14-13-23(26)15-16-30(27)21(3)31)33-20(2)28(32)29-18-22-7-5-4-6-8-22/h4-14,17,20,27H,15-16,18H2,1-3H3,(H,29,32)/t20-,27+/m1/s1. The Morgan fingerprint density at radius 1 is 1.06 bits per heavy atom. The fraction of sp³-hybridized carbons (Fsp3) is 0.286. The minimum absolute atomic E-state index is 0.0474. The van der Waals surface area contributed by atoms with Crippen LogP contribution in [0, 0.1) is 6.92 Å². The molecule has 5 nitrogen and oxygen atoms in total. The van der Waals surface area contributed by atoms with Crippen molar-refractivity contribution in [1.29, 1.82) is 0 Å². The van der Waals surface area contributed by atoms with Crippen molar-refractivity contribution in [1.82, 2.24) is 10.2 Å². The normalized spacial score (nSPS) is 16.0. The number of carbonyl (C=O) groups is 2. The van der Waals surface area contributed by atoms with Crippen LogP contribution in [0.2, 0.25) is 0 Å². The van der Waals surface area contributed by atoms with Crippen LogP contribution in [0.3, 0.4) is 0 Å². The molecule has 0 saturated carbocycles. The van der Waals surface area contributed by atoms with E-state index >= 15 is 0 Å². The Kier molecular flexibility index (Phi) is 6.78. The average molecular weight is 443 g/mol. The summed E-state index contributed by atoms with van der Waals surface area (Å²) in [5, 5.41) is 2.93. The van der Waals surface area contributed by atoms with Gasteiger partial charge in [-0.15, -0.1) is 0 Å². The number of hydrogen-bond donors (Lipinski definition) is 1. The van der Waals surface area contributed by atoms with E-state index in [1.165, 1.54) is 11.1 Å². The number of amides is 2. The third-order valence-electron chi connectivity index (χ3n) is 6.13. The van der Waals surface area contributed by atoms with Crippen LogP contribution in [0.4, 0.5) is 0 Å². The van der Waals surface area contributed by atoms with Gasteiger partial charge in [-0.3, -0.25) is 9.59 Å². The Balaban J connectivity index is 1.54. The lowest BCUT2D eigenvalue weighted by Gasteiger charge is -2.37. The van der Waals surface area contributed by atoms with E-state index in [1.54, 1.807) is 13.8 Å². The summed E-state index contributed by atoms with van der Waals surface area (Å²) in [6.07, 6.45) is 0.155. The Morgan fingerprint density at radius 2 is 1.79 bits per heavy atom. The number of nitrogens with one attached hydrogen (secondary N) is 1. The molecule has 0 fully saturated rings. The fourth-order valence-electron chi connectivity index (χ4n) is 4.30. The van der Waals surface area contributed by atoms with Gasteiger partial charge >= 0.3 is 0 Å². The Labute approximate surface area is 195 Å². The quantitative estimate of drug-likeness (QED) is 0.608. The molecule has 0 radical (unpaired) electrons. The van der Waals surface area contributed by atoms with Crippen molar-refractivity contribution in [3.05, 3.63) is 101 Å². The van der Waals surface area contributed by atoms with Crippen molar-refractivity contribution < 1.29 is 14.3 Å². The summed E-state index contributed by atoms with van der Waals surface area (Å²) in [4.78, 5) is 26.9. The summed E-state index contributed by atoms with van der Waals surface area (Å²) in [6, 6.07) is 23.9. The van der Waals surface area contributed by atoms with Gasteiger partial charge in [0.1, 0.15) is 5.75 Å². The van der Waals surface area contributed by atoms with E-state index in [1.807, 2.05) is 47.4 Å². The molecule has 1 aliphatic rings. The number of fused-ring (bicyclic) bond motifs is 1. The van der Waals surface area contributed by atoms with Gasteiger partial charge in [-0.05, 0) is 54.7 Å². The lowest BCUT2D eigenvalue weighted by atomic mass is 9.87. The maximum atomic E-state index is 12.6. The van der Waals surface area contributed by atoms with Crippen LogP contribution in [0.1, 0.15) is 47.7 Å². The first-order chi connectivity index (χ1) is 15.9. The number of nitrogens with zero attached hydrogens (tertiary/aromatic N) is 1. The van der Waals surface area contributed by atoms with Crippen LogP contribution >= 0.6 is 0 Å². The highest BCUT2D eigenvalue weighted by atomic mass is 16.5. The van der Waals surface area contributed by atoms with Crippen LogP contribution in [0.15, 0.2) is 72.8 Å². The number of carbonyl (C=O) groups excluding carboxylic acids is 2. The summed E-state index contributed by atoms with van der Waals surface area (Å²) in [7, 11) is 0. The lowest BCUT2D eigenvalue weighted by Crippen LogP contribution is -2.39. The highest BCUT2D eigenvalue weighted by Crippen LogP contribution is 2.37. The molecule has 3 aromatic rings. The molecule has 1 aliphatic heterocycles. The van der Waals surface area contributed by atoms with Crippen molar-refractivity contribution in [3.8, 4) is 5.75 Å². The molecule has 1 heterocycles. The highest BCUT2D eigenvalue weighted by Gasteiger charge is 2.31. The van der Waals surface area contributed by atoms with E-state index in [9.17, 15) is 9.59 Å². The molecule has 33 heavy (non-hydrogen) atoms. The van der Waals surface area contributed by atoms with E-state index in [2.05, 4.69) is 42.6 Å². The van der Waals surface area contributed by atoms with Crippen molar-refractivity contribution in [2.75, 3.05) is 6.54 Å². The number of rotatable bonds is 6. The molecule has 5 heteroatoms. The maximum absolute atomic E-state index is 12.6. The number of aryl methyl sites for hydroxylation is 1. The minimum Gasteiger partial charge on any atom is -0.481 e. The second-order valence-corrected chi connectivity index (χ2v) is 8.60. The van der Waals surface area contributed by atoms with Gasteiger partial charge in [0.25, 0.3) is 5.91 Å². The SMILES string of the molecule is CC(=O)N1CCc2ccc(O[C@H](C)C(=O)NCc3ccccc3)cc2[C@@H]1c1ccc(C)cc1. The molecule has 0 aromatic heterocycles. The third kappa shape index (κ3) is 5.25. The Hall–Kier alpha value is -3.60. The Morgan fingerprint density at radius 3 is 2.48 bits per heavy atom. The molecular formula is C28H30N2O3. The van der Waals surface area contributed by atoms with Gasteiger partial charge in [-0.25, -0.2) is 0 Å². The van der Waals surface area contributed by atoms with E-state index < -0.39 is 6.10 Å². The summed E-state index contributed by atoms with van der Waals surface area (Å²) in [5.41, 5.74) is 5.54. The second-order valence-electron chi connectivity index (χ2n) is 8.60. The molecule has 2 atom stereocenters. The van der Waals surface area contributed by atoms with Crippen LogP contribution in [0.25, 0.3) is 0 Å². The van der Waals surface area contributed by atoms with Crippen molar-refractivity contribution >= 4 is 11.8 Å². The van der Waals surface area contributed by atoms with Gasteiger partial charge in [0.05, 0.1) is 6.04 Å². The number of ether oxygens (including phenoxy) is 1. The monoisotopic (exact) mass is 442 g/mol. The predicted molar refractivity (Wildman–Crippen MR) is 129 cm³/mol. The van der Waals surface area contributed by atoms with Gasteiger partial charge < -0.3 is 15.0 Å². The fourth-order valence-corrected chi connectivity index (χ4v) is 4.30. The van der Waals surface area contributed by atoms with Crippen molar-refractivity contribution in [2.45, 2.75) is 45.9 Å². The van der Waals surface area contributed by atoms with Crippen molar-refractivity contribution in [2.24, 2.45) is 0 Å². The summed E-state index contributed by atoms with van der Waals surface area (Å²) >= 11 is 0. The topological polar surface area (TPSA) is 58.6 Å². The minimum atomic E-state index is -0.642. The largest absolute Gasteiger partial charge is 0.481 e. The molecule has 0 bridgehead atoms. The zero-order chi connectivity index (χ0) is 23.4. The van der Waals surface area contributed by atoms with Crippen molar-refractivity contribution in [3.63, 3.8) is 0 Å². The molecule has 2 amide bonds. The lowest BCUT2D eigenvalue weighted by molar-refractivity contribution is -0.131. The van der Waals surface area contributed by atoms with Crippen LogP contribution in [-0.4, -0.2) is 29.4 Å². The van der Waals surface area contributed by atoms with Crippen LogP contribution in [0.5, 0.6) is 5.75 Å². The first-order valence-corrected chi connectivity index (χ1v) is 11.4. The second kappa shape index (κ2) is 9.90. The first-order valence-electron chi connectivity index (χ1n) is 11.4. The molecule has 0 unspecified atom stereocenters. The summed E-state index contributed by atoms with van der Waals surface area (Å²) < 4.78 is 6.01. The van der Waals surface area contributed by atoms with E-state index in [0.717, 1.165) is 23.1 Å². The number of benzene rings is 3. The first kappa shape index (κ1) is 22.6. The zero-order valence-electron chi connectivity index (χ0n) is 19.4. The molecule has 0 spiro atoms. The van der Waals surface area contributed by atoms with Gasteiger partial charge in [0.15, 0.2) is 6.10 Å². The molecule has 3 aromatic carbocycles. The van der Waals surface area contributed by atoms with Crippen LogP contribution in [-0.2, 0) is 22.6 Å². The van der Waals surface area contributed by atoms with Gasteiger partial charge in [0.2, 0.25) is 5.91 Å². The van der Waals surface area contributed by atoms with Gasteiger partial charge in [0, 0.05) is 20.0 Å². The molecule has 170 valence electrons. The third-order valence-corrected chi connectivity index (χ3v) is 6.13. The molecule has 0 saturated heterocycles. The molecule has 1 N–H and O–H groups in total. The smallest absolute Gasteiger partial charge is 0.261 e. The average Bonchev–Trinajstić information content (AvgIpc) is 2.83. The highest BCUT2D eigenvalue weighted by molar-refractivity contribution is 5.80. The molecule has 4 rings (SSSR count). The predicted octanol–water partition coefficient (Wildman–Crippen LogP) is 4.57. The summed E-state index contributed by atoms with van der Waals surface area (Å²) in [6.45, 7) is 6.56. The van der Waals surface area contributed by atoms with Gasteiger partial charge in [-0.2, -0.15) is 0 Å². The molecule has 0 aliphatic carbocycles. The van der Waals surface area contributed by atoms with Gasteiger partial charge in [-0.1, -0.05) is 66.2 Å². The zero-order valence-corrected chi connectivity index (χ0v) is 19.4. The summed E-state index contributed by atoms with van der Waals surface area (Å²) in [5.74, 6) is 0.502.